The fraction of sp³-hybridized carbons (Fsp3) is 0.105. The number of nitrogens with one attached hydrogen (secondary N) is 6. The molecule has 0 fully saturated rings. The molecule has 2 aromatic heterocycles. The summed E-state index contributed by atoms with van der Waals surface area (Å²) in [6.07, 6.45) is 2.60. The van der Waals surface area contributed by atoms with Crippen LogP contribution < -0.4 is 225 Å². The normalized spacial score (nSPS) is 11.7. The molecular weight excluding hydrogens is 1150 g/mol. The predicted octanol–water partition coefficient (Wildman–Crippen LogP) is -17.7. The van der Waals surface area contributed by atoms with E-state index in [1.54, 1.807) is 0 Å². The van der Waals surface area contributed by atoms with Crippen molar-refractivity contribution in [3.8, 4) is 0 Å². The molecule has 2 unspecified atom stereocenters. The number of carbonyl (C=O) groups excluding carboxylic acids is 2. The first-order valence-electron chi connectivity index (χ1n) is 19.2. The summed E-state index contributed by atoms with van der Waals surface area (Å²) < 4.78 is 111. The van der Waals surface area contributed by atoms with Crippen LogP contribution in [0, 0.1) is 0 Å². The van der Waals surface area contributed by atoms with Gasteiger partial charge in [0.2, 0.25) is 35.7 Å². The maximum Gasteiger partial charge on any atom is 1.00 e. The van der Waals surface area contributed by atoms with E-state index < -0.39 is 69.1 Å². The molecule has 6 N–H and O–H groups in total. The second kappa shape index (κ2) is 33.3. The summed E-state index contributed by atoms with van der Waals surface area (Å²) in [4.78, 5) is 46.2. The van der Waals surface area contributed by atoms with Crippen LogP contribution in [-0.4, -0.2) is 92.8 Å². The molecule has 0 aliphatic rings. The first-order chi connectivity index (χ1) is 32.9. The van der Waals surface area contributed by atoms with Crippen LogP contribution in [0.15, 0.2) is 105 Å². The van der Waals surface area contributed by atoms with Crippen LogP contribution in [0.3, 0.4) is 0 Å². The van der Waals surface area contributed by atoms with Gasteiger partial charge in [-0.25, -0.2) is 25.3 Å². The van der Waals surface area contributed by atoms with Crippen LogP contribution >= 0.6 is 12.0 Å². The molecule has 28 nitrogen and oxygen atoms in total. The molecule has 6 aromatic rings. The minimum atomic E-state index is -5.22. The Morgan fingerprint density at radius 1 is 0.500 bits per heavy atom. The van der Waals surface area contributed by atoms with E-state index in [1.807, 2.05) is 0 Å². The Balaban J connectivity index is 0.00000937. The number of carboxylic acids is 2. The molecule has 0 amide bonds. The molecule has 76 heavy (non-hydrogen) atoms. The molecule has 38 heteroatoms. The third-order valence-electron chi connectivity index (χ3n) is 8.87. The van der Waals surface area contributed by atoms with Crippen molar-refractivity contribution >= 4 is 125 Å². The van der Waals surface area contributed by atoms with Gasteiger partial charge in [-0.1, -0.05) is 24.3 Å². The van der Waals surface area contributed by atoms with Gasteiger partial charge in [0.25, 0.3) is 0 Å². The van der Waals surface area contributed by atoms with E-state index in [9.17, 15) is 64.0 Å². The number of nitrogens with zero attached hydrogens (tertiary/aromatic N) is 6. The molecule has 0 saturated carbocycles. The van der Waals surface area contributed by atoms with Crippen molar-refractivity contribution in [2.75, 3.05) is 31.9 Å². The van der Waals surface area contributed by atoms with E-state index in [4.69, 9.17) is 0 Å². The van der Waals surface area contributed by atoms with Crippen molar-refractivity contribution in [1.82, 2.24) is 29.9 Å². The Hall–Kier alpha value is -1.66. The number of aliphatic carboxylic acids is 2. The Bertz CT molecular complexity index is 3330. The molecule has 2 heterocycles. The summed E-state index contributed by atoms with van der Waals surface area (Å²) in [5.41, 5.74) is 0.687. The summed E-state index contributed by atoms with van der Waals surface area (Å²) in [5, 5.41) is 53.4. The van der Waals surface area contributed by atoms with Gasteiger partial charge in [0.15, 0.2) is 0 Å². The summed E-state index contributed by atoms with van der Waals surface area (Å²) >= 11 is 0.419. The minimum Gasteiger partial charge on any atom is -0.744 e. The number of anilines is 10. The van der Waals surface area contributed by atoms with Gasteiger partial charge in [-0.15, -0.1) is 0 Å². The first-order valence-corrected chi connectivity index (χ1v) is 24.1. The molecule has 0 saturated heterocycles. The quantitative estimate of drug-likeness (QED) is 0.00918. The number of hydrogen-bond donors (Lipinski definition) is 6. The number of carbonyl (C=O) groups is 2. The first kappa shape index (κ1) is 74.3. The fourth-order valence-electron chi connectivity index (χ4n) is 5.55. The van der Waals surface area contributed by atoms with Gasteiger partial charge in [-0.3, -0.25) is 5.04 Å². The monoisotopic (exact) mass is 1180 g/mol. The molecule has 6 rings (SSSR count). The standard InChI is InChI=1S/C38H36N12O16S4.6Na/c1-19(31(51)52)39-33-45-35(41-23-9-13-27(14-10-23)68(56,57)58)49-37(47-33)43-25-7-5-21(29(17-25)67-66-65-55)3-4-22-6-8-26(18-30(22)70(62,63)64)44-38-48-34(40-20(2)32(53)54)46-36(50-38)42-24-11-15-28(16-12-24)69(59,60)61;;;;;;/h3-20,55H,1-2H3,(H,51,52)(H,53,54)(H,56,57,58)(H,59,60,61)(H,62,63,64)(H3,39,41,43,45,47,49)(H3,40,42,44,46,48,50);;;;;;/q;6*+1/p-6. The topological polar surface area (TPSA) is 443 Å². The summed E-state index contributed by atoms with van der Waals surface area (Å²) in [6.45, 7) is 2.48. The maximum atomic E-state index is 12.6. The molecule has 0 bridgehead atoms. The van der Waals surface area contributed by atoms with E-state index >= 15 is 0 Å². The van der Waals surface area contributed by atoms with Crippen LogP contribution in [0.1, 0.15) is 25.0 Å². The van der Waals surface area contributed by atoms with Gasteiger partial charge in [0.1, 0.15) is 30.4 Å². The molecule has 0 spiro atoms. The molecule has 4 aromatic carbocycles. The van der Waals surface area contributed by atoms with Gasteiger partial charge >= 0.3 is 177 Å². The average Bonchev–Trinajstić information content (AvgIpc) is 3.27. The molecule has 368 valence electrons. The summed E-state index contributed by atoms with van der Waals surface area (Å²) in [7, 11) is -14.7. The number of aromatic nitrogens is 6. The van der Waals surface area contributed by atoms with Crippen molar-refractivity contribution in [3.63, 3.8) is 0 Å². The van der Waals surface area contributed by atoms with E-state index in [-0.39, 0.29) is 252 Å². The number of rotatable bonds is 22. The van der Waals surface area contributed by atoms with Crippen molar-refractivity contribution in [3.05, 3.63) is 96.1 Å². The largest absolute Gasteiger partial charge is 1.00 e. The van der Waals surface area contributed by atoms with E-state index in [2.05, 4.69) is 71.2 Å². The van der Waals surface area contributed by atoms with E-state index in [0.717, 1.165) is 30.3 Å². The number of benzene rings is 4. The minimum absolute atomic E-state index is 0. The van der Waals surface area contributed by atoms with E-state index in [1.165, 1.54) is 80.6 Å². The second-order valence-electron chi connectivity index (χ2n) is 14.0. The van der Waals surface area contributed by atoms with Crippen molar-refractivity contribution in [1.29, 1.82) is 0 Å². The molecule has 0 aliphatic carbocycles. The van der Waals surface area contributed by atoms with Crippen LogP contribution in [0.2, 0.25) is 0 Å². The zero-order valence-corrected chi connectivity index (χ0v) is 56.5. The average molecular weight is 1180 g/mol. The van der Waals surface area contributed by atoms with Crippen molar-refractivity contribution < 1.29 is 251 Å². The zero-order valence-electron chi connectivity index (χ0n) is 41.2. The molecule has 0 radical (unpaired) electrons. The Morgan fingerprint density at radius 2 is 0.829 bits per heavy atom. The predicted molar refractivity (Wildman–Crippen MR) is 236 cm³/mol. The molecule has 2 atom stereocenters. The van der Waals surface area contributed by atoms with Crippen molar-refractivity contribution in [2.45, 2.75) is 45.5 Å². The zero-order chi connectivity index (χ0) is 51.0. The van der Waals surface area contributed by atoms with E-state index in [0.29, 0.717) is 12.0 Å². The Morgan fingerprint density at radius 3 is 1.18 bits per heavy atom. The van der Waals surface area contributed by atoms with Crippen LogP contribution in [0.4, 0.5) is 58.4 Å². The summed E-state index contributed by atoms with van der Waals surface area (Å²) in [6, 6.07) is 14.3. The van der Waals surface area contributed by atoms with Gasteiger partial charge in [0, 0.05) is 27.6 Å². The number of carboxylic acid groups (broad SMARTS) is 2. The van der Waals surface area contributed by atoms with Gasteiger partial charge < -0.3 is 70.6 Å². The van der Waals surface area contributed by atoms with Crippen LogP contribution in [0.25, 0.3) is 12.2 Å². The van der Waals surface area contributed by atoms with Crippen molar-refractivity contribution in [2.24, 2.45) is 0 Å². The Kier molecular flexibility index (Phi) is 32.6. The van der Waals surface area contributed by atoms with Gasteiger partial charge in [-0.05, 0) is 97.8 Å². The van der Waals surface area contributed by atoms with Crippen LogP contribution in [0.5, 0.6) is 0 Å². The SMILES string of the molecule is CC(Nc1nc(Nc2ccc(S(=O)(=O)[O-])cc2)nc(Nc2ccc(C=Cc3ccc(Nc4nc(Nc5ccc(S(=O)(=O)[O-])cc5)nc(NC(C)C(=O)[O-])n4)cc3S(=O)(=O)[O-])c(SOO[O-])c2)n1)C(=O)[O-].[Na+].[Na+].[Na+].[Na+].[Na+].[Na+]. The van der Waals surface area contributed by atoms with Crippen LogP contribution in [-0.2, 0) is 49.3 Å². The Labute approximate surface area is 570 Å². The molecule has 0 aliphatic heterocycles. The smallest absolute Gasteiger partial charge is 0.744 e. The van der Waals surface area contributed by atoms with Gasteiger partial charge in [0.05, 0.1) is 50.8 Å². The molecular formula is C38H30N12Na6O16S4. The maximum absolute atomic E-state index is 12.6. The van der Waals surface area contributed by atoms with Gasteiger partial charge in [-0.2, -0.15) is 34.2 Å². The second-order valence-corrected chi connectivity index (χ2v) is 18.8. The third-order valence-corrected chi connectivity index (χ3v) is 12.1. The number of hydrogen-bond acceptors (Lipinski definition) is 29. The fourth-order valence-corrected chi connectivity index (χ4v) is 7.70. The third kappa shape index (κ3) is 22.7. The summed E-state index contributed by atoms with van der Waals surface area (Å²) in [5.74, 6) is -4.55.